The topological polar surface area (TPSA) is 44.9 Å². The average Bonchev–Trinajstić information content (AvgIpc) is 2.96. The zero-order valence-electron chi connectivity index (χ0n) is 12.9. The Bertz CT molecular complexity index is 928. The fourth-order valence-electron chi connectivity index (χ4n) is 3.40. The van der Waals surface area contributed by atoms with Crippen LogP contribution in [-0.4, -0.2) is 10.9 Å². The number of benzene rings is 2. The van der Waals surface area contributed by atoms with E-state index < -0.39 is 17.0 Å². The second-order valence-corrected chi connectivity index (χ2v) is 6.29. The van der Waals surface area contributed by atoms with Crippen molar-refractivity contribution in [3.63, 3.8) is 0 Å². The molecule has 3 nitrogen and oxygen atoms in total. The van der Waals surface area contributed by atoms with E-state index in [0.717, 1.165) is 23.4 Å². The van der Waals surface area contributed by atoms with E-state index in [0.29, 0.717) is 18.5 Å². The molecule has 1 aliphatic carbocycles. The first-order chi connectivity index (χ1) is 11.6. The van der Waals surface area contributed by atoms with Crippen LogP contribution in [0.2, 0.25) is 0 Å². The van der Waals surface area contributed by atoms with Gasteiger partial charge in [-0.1, -0.05) is 18.6 Å². The van der Waals surface area contributed by atoms with Gasteiger partial charge in [-0.25, -0.2) is 8.78 Å². The molecule has 0 unspecified atom stereocenters. The molecule has 2 aromatic carbocycles. The Kier molecular flexibility index (Phi) is 3.37. The number of amides is 1. The molecule has 0 bridgehead atoms. The van der Waals surface area contributed by atoms with Gasteiger partial charge in [0.1, 0.15) is 11.6 Å². The van der Waals surface area contributed by atoms with Crippen molar-refractivity contribution < 1.29 is 13.6 Å². The number of aromatic amines is 1. The fourth-order valence-corrected chi connectivity index (χ4v) is 3.40. The van der Waals surface area contributed by atoms with E-state index >= 15 is 0 Å². The molecule has 2 N–H and O–H groups in total. The second kappa shape index (κ2) is 5.44. The fraction of sp³-hybridized carbons (Fsp3) is 0.211. The van der Waals surface area contributed by atoms with Crippen LogP contribution in [0.5, 0.6) is 0 Å². The maximum absolute atomic E-state index is 14.2. The van der Waals surface area contributed by atoms with Crippen molar-refractivity contribution in [1.29, 1.82) is 0 Å². The van der Waals surface area contributed by atoms with Crippen LogP contribution < -0.4 is 5.32 Å². The van der Waals surface area contributed by atoms with E-state index in [1.54, 1.807) is 0 Å². The Labute approximate surface area is 137 Å². The van der Waals surface area contributed by atoms with Crippen LogP contribution in [0, 0.1) is 11.6 Å². The summed E-state index contributed by atoms with van der Waals surface area (Å²) >= 11 is 0. The molecule has 0 saturated heterocycles. The van der Waals surface area contributed by atoms with Gasteiger partial charge in [0.05, 0.1) is 5.41 Å². The number of carbonyl (C=O) groups is 1. The Morgan fingerprint density at radius 3 is 2.62 bits per heavy atom. The van der Waals surface area contributed by atoms with E-state index in [2.05, 4.69) is 10.3 Å². The van der Waals surface area contributed by atoms with Gasteiger partial charge in [-0.3, -0.25) is 4.79 Å². The van der Waals surface area contributed by atoms with Crippen LogP contribution in [0.4, 0.5) is 14.5 Å². The molecule has 1 heterocycles. The minimum absolute atomic E-state index is 0.245. The number of anilines is 1. The van der Waals surface area contributed by atoms with Crippen LogP contribution >= 0.6 is 0 Å². The zero-order valence-corrected chi connectivity index (χ0v) is 12.9. The summed E-state index contributed by atoms with van der Waals surface area (Å²) in [6.45, 7) is 0. The molecule has 3 aromatic rings. The van der Waals surface area contributed by atoms with Gasteiger partial charge >= 0.3 is 0 Å². The van der Waals surface area contributed by atoms with Crippen LogP contribution in [0.15, 0.2) is 48.7 Å². The highest BCUT2D eigenvalue weighted by molar-refractivity contribution is 6.01. The minimum Gasteiger partial charge on any atom is -0.361 e. The van der Waals surface area contributed by atoms with Crippen molar-refractivity contribution in [3.8, 4) is 0 Å². The number of fused-ring (bicyclic) bond motifs is 1. The SMILES string of the molecule is O=C(Nc1ccc2cc[nH]c2c1)C1(c2ccc(F)cc2F)CCC1. The number of halogens is 2. The van der Waals surface area contributed by atoms with E-state index in [9.17, 15) is 13.6 Å². The molecule has 1 saturated carbocycles. The van der Waals surface area contributed by atoms with Crippen molar-refractivity contribution in [2.24, 2.45) is 0 Å². The molecule has 1 amide bonds. The molecule has 1 aliphatic rings. The summed E-state index contributed by atoms with van der Waals surface area (Å²) in [5.41, 5.74) is 0.934. The molecule has 5 heteroatoms. The molecule has 24 heavy (non-hydrogen) atoms. The van der Waals surface area contributed by atoms with Crippen LogP contribution in [0.3, 0.4) is 0 Å². The molecular formula is C19H16F2N2O. The lowest BCUT2D eigenvalue weighted by Gasteiger charge is -2.40. The normalized spacial score (nSPS) is 15.9. The van der Waals surface area contributed by atoms with Crippen molar-refractivity contribution >= 4 is 22.5 Å². The van der Waals surface area contributed by atoms with Gasteiger partial charge in [-0.15, -0.1) is 0 Å². The van der Waals surface area contributed by atoms with Crippen LogP contribution in [0.1, 0.15) is 24.8 Å². The summed E-state index contributed by atoms with van der Waals surface area (Å²) in [5.74, 6) is -1.54. The quantitative estimate of drug-likeness (QED) is 0.731. The summed E-state index contributed by atoms with van der Waals surface area (Å²) in [6.07, 6.45) is 3.80. The number of hydrogen-bond acceptors (Lipinski definition) is 1. The number of hydrogen-bond donors (Lipinski definition) is 2. The second-order valence-electron chi connectivity index (χ2n) is 6.29. The lowest BCUT2D eigenvalue weighted by molar-refractivity contribution is -0.124. The van der Waals surface area contributed by atoms with E-state index in [4.69, 9.17) is 0 Å². The van der Waals surface area contributed by atoms with Gasteiger partial charge in [-0.2, -0.15) is 0 Å². The van der Waals surface area contributed by atoms with E-state index in [1.807, 2.05) is 30.5 Å². The summed E-state index contributed by atoms with van der Waals surface area (Å²) in [6, 6.07) is 11.0. The van der Waals surface area contributed by atoms with Crippen molar-refractivity contribution in [2.45, 2.75) is 24.7 Å². The molecule has 0 aliphatic heterocycles. The molecule has 122 valence electrons. The molecule has 1 aromatic heterocycles. The summed E-state index contributed by atoms with van der Waals surface area (Å²) in [7, 11) is 0. The summed E-state index contributed by atoms with van der Waals surface area (Å²) < 4.78 is 27.4. The summed E-state index contributed by atoms with van der Waals surface area (Å²) in [4.78, 5) is 15.9. The highest BCUT2D eigenvalue weighted by atomic mass is 19.1. The van der Waals surface area contributed by atoms with Gasteiger partial charge in [-0.05, 0) is 42.5 Å². The van der Waals surface area contributed by atoms with E-state index in [1.165, 1.54) is 12.1 Å². The highest BCUT2D eigenvalue weighted by Gasteiger charge is 2.47. The zero-order chi connectivity index (χ0) is 16.7. The first kappa shape index (κ1) is 14.9. The number of aromatic nitrogens is 1. The standard InChI is InChI=1S/C19H16F2N2O/c20-13-3-5-15(16(21)10-13)19(7-1-8-19)18(24)23-14-4-2-12-6-9-22-17(12)11-14/h2-6,9-11,22H,1,7-8H2,(H,23,24). The Hall–Kier alpha value is -2.69. The maximum atomic E-state index is 14.2. The number of nitrogens with one attached hydrogen (secondary N) is 2. The average molecular weight is 326 g/mol. The van der Waals surface area contributed by atoms with Gasteiger partial charge < -0.3 is 10.3 Å². The third kappa shape index (κ3) is 2.28. The monoisotopic (exact) mass is 326 g/mol. The Morgan fingerprint density at radius 2 is 1.92 bits per heavy atom. The molecule has 0 atom stereocenters. The maximum Gasteiger partial charge on any atom is 0.235 e. The Morgan fingerprint density at radius 1 is 1.08 bits per heavy atom. The highest BCUT2D eigenvalue weighted by Crippen LogP contribution is 2.45. The third-order valence-electron chi connectivity index (χ3n) is 4.90. The molecule has 4 rings (SSSR count). The largest absolute Gasteiger partial charge is 0.361 e. The summed E-state index contributed by atoms with van der Waals surface area (Å²) in [5, 5.41) is 3.94. The lowest BCUT2D eigenvalue weighted by Crippen LogP contribution is -2.46. The third-order valence-corrected chi connectivity index (χ3v) is 4.90. The van der Waals surface area contributed by atoms with Crippen LogP contribution in [-0.2, 0) is 10.2 Å². The number of H-pyrrole nitrogens is 1. The lowest BCUT2D eigenvalue weighted by atomic mass is 9.63. The van der Waals surface area contributed by atoms with Crippen LogP contribution in [0.25, 0.3) is 10.9 Å². The molecule has 1 fully saturated rings. The molecular weight excluding hydrogens is 310 g/mol. The minimum atomic E-state index is -0.914. The number of carbonyl (C=O) groups excluding carboxylic acids is 1. The predicted molar refractivity (Wildman–Crippen MR) is 88.8 cm³/mol. The predicted octanol–water partition coefficient (Wildman–Crippen LogP) is 4.51. The van der Waals surface area contributed by atoms with E-state index in [-0.39, 0.29) is 11.5 Å². The smallest absolute Gasteiger partial charge is 0.235 e. The van der Waals surface area contributed by atoms with Gasteiger partial charge in [0.25, 0.3) is 0 Å². The van der Waals surface area contributed by atoms with Gasteiger partial charge in [0, 0.05) is 29.0 Å². The Balaban J connectivity index is 1.65. The molecule has 0 radical (unpaired) electrons. The van der Waals surface area contributed by atoms with Gasteiger partial charge in [0.15, 0.2) is 0 Å². The molecule has 0 spiro atoms. The van der Waals surface area contributed by atoms with Crippen molar-refractivity contribution in [1.82, 2.24) is 4.98 Å². The first-order valence-corrected chi connectivity index (χ1v) is 7.93. The van der Waals surface area contributed by atoms with Crippen molar-refractivity contribution in [3.05, 3.63) is 65.9 Å². The van der Waals surface area contributed by atoms with Crippen molar-refractivity contribution in [2.75, 3.05) is 5.32 Å². The first-order valence-electron chi connectivity index (χ1n) is 7.93. The number of rotatable bonds is 3. The van der Waals surface area contributed by atoms with Gasteiger partial charge in [0.2, 0.25) is 5.91 Å².